The van der Waals surface area contributed by atoms with Gasteiger partial charge in [-0.25, -0.2) is 18.2 Å². The van der Waals surface area contributed by atoms with Crippen LogP contribution in [0.3, 0.4) is 0 Å². The second-order valence-electron chi connectivity index (χ2n) is 12.4. The number of carbonyl (C=O) groups excluding carboxylic acids is 2. The molecular formula is C35H30F6N5O3+. The number of alkyl halides is 4. The number of hydrogen-bond acceptors (Lipinski definition) is 4. The number of amides is 1. The lowest BCUT2D eigenvalue weighted by Crippen LogP contribution is -2.86. The van der Waals surface area contributed by atoms with Crippen molar-refractivity contribution >= 4 is 33.9 Å². The number of nitrogens with one attached hydrogen (secondary N) is 1. The van der Waals surface area contributed by atoms with Gasteiger partial charge in [-0.3, -0.25) is 9.59 Å². The lowest BCUT2D eigenvalue weighted by molar-refractivity contribution is -0.652. The standard InChI is InChI=1S/C35H29F6N5O3/c1-18-43-30-25(45(18)2)16-22(35(39,40)41)28-21-5-4-11-46-26(15-19(31(21)46)7-12-49-33(28)30)32(48)20-13-23(36)29(24(37)14-20)44-27(47)6-3-10-42-17-34(38)8-9-34/h3-6,11,13-16,42H,7-10,12,17H2,1-2H3,(H,44,47)/p+1/b6-3+. The quantitative estimate of drug-likeness (QED) is 0.0934. The van der Waals surface area contributed by atoms with Gasteiger partial charge in [0.1, 0.15) is 35.2 Å². The fourth-order valence-corrected chi connectivity index (χ4v) is 6.30. The maximum absolute atomic E-state index is 15.2. The molecule has 5 aromatic rings. The van der Waals surface area contributed by atoms with Crippen LogP contribution in [0.25, 0.3) is 27.7 Å². The van der Waals surface area contributed by atoms with Crippen LogP contribution in [0.1, 0.15) is 45.8 Å². The van der Waals surface area contributed by atoms with Crippen LogP contribution in [-0.2, 0) is 24.4 Å². The Hall–Kier alpha value is -5.11. The maximum atomic E-state index is 15.2. The van der Waals surface area contributed by atoms with E-state index in [1.165, 1.54) is 34.9 Å². The Labute approximate surface area is 275 Å². The molecule has 1 aliphatic carbocycles. The second kappa shape index (κ2) is 11.8. The highest BCUT2D eigenvalue weighted by atomic mass is 19.4. The highest BCUT2D eigenvalue weighted by Gasteiger charge is 2.45. The van der Waals surface area contributed by atoms with Gasteiger partial charge in [0.15, 0.2) is 11.4 Å². The number of ketones is 1. The van der Waals surface area contributed by atoms with E-state index in [0.717, 1.165) is 24.3 Å². The lowest BCUT2D eigenvalue weighted by Gasteiger charge is -2.22. The number of quaternary nitrogens is 1. The molecule has 14 heteroatoms. The number of benzene rings is 2. The zero-order chi connectivity index (χ0) is 34.8. The van der Waals surface area contributed by atoms with Gasteiger partial charge in [-0.1, -0.05) is 6.07 Å². The number of halogens is 6. The van der Waals surface area contributed by atoms with E-state index in [9.17, 15) is 27.2 Å². The van der Waals surface area contributed by atoms with Gasteiger partial charge in [0.25, 0.3) is 0 Å². The minimum atomic E-state index is -4.77. The summed E-state index contributed by atoms with van der Waals surface area (Å²) < 4.78 is 96.9. The first-order chi connectivity index (χ1) is 23.3. The molecule has 1 aliphatic heterocycles. The summed E-state index contributed by atoms with van der Waals surface area (Å²) in [5.74, 6) is -3.54. The van der Waals surface area contributed by atoms with E-state index >= 15 is 8.78 Å². The molecule has 1 saturated carbocycles. The number of pyridine rings is 1. The molecule has 7 rings (SSSR count). The zero-order valence-electron chi connectivity index (χ0n) is 26.4. The van der Waals surface area contributed by atoms with Crippen LogP contribution in [-0.4, -0.2) is 51.0 Å². The molecule has 2 aromatic carbocycles. The van der Waals surface area contributed by atoms with E-state index in [1.54, 1.807) is 23.9 Å². The molecule has 0 atom stereocenters. The van der Waals surface area contributed by atoms with E-state index < -0.39 is 46.4 Å². The first kappa shape index (κ1) is 32.4. The number of anilines is 1. The Morgan fingerprint density at radius 1 is 1.14 bits per heavy atom. The third kappa shape index (κ3) is 5.83. The monoisotopic (exact) mass is 682 g/mol. The van der Waals surface area contributed by atoms with Crippen LogP contribution in [0, 0.1) is 18.6 Å². The van der Waals surface area contributed by atoms with Crippen molar-refractivity contribution in [3.05, 3.63) is 94.6 Å². The number of nitrogens with two attached hydrogens (primary N) is 1. The van der Waals surface area contributed by atoms with Crippen molar-refractivity contribution in [3.63, 3.8) is 0 Å². The molecule has 3 N–H and O–H groups in total. The Morgan fingerprint density at radius 3 is 2.57 bits per heavy atom. The number of aryl methyl sites for hydroxylation is 2. The smallest absolute Gasteiger partial charge is 0.417 e. The predicted molar refractivity (Wildman–Crippen MR) is 168 cm³/mol. The van der Waals surface area contributed by atoms with E-state index in [2.05, 4.69) is 10.3 Å². The summed E-state index contributed by atoms with van der Waals surface area (Å²) in [7, 11) is 1.62. The third-order valence-corrected chi connectivity index (χ3v) is 9.08. The van der Waals surface area contributed by atoms with E-state index in [4.69, 9.17) is 4.74 Å². The Bertz CT molecular complexity index is 2190. The van der Waals surface area contributed by atoms with Gasteiger partial charge in [-0.05, 0) is 61.7 Å². The van der Waals surface area contributed by atoms with Crippen LogP contribution in [0.5, 0.6) is 5.75 Å². The summed E-state index contributed by atoms with van der Waals surface area (Å²) in [5, 5.41) is 3.81. The predicted octanol–water partition coefficient (Wildman–Crippen LogP) is 5.82. The van der Waals surface area contributed by atoms with Crippen molar-refractivity contribution < 1.29 is 46.0 Å². The van der Waals surface area contributed by atoms with Crippen LogP contribution >= 0.6 is 0 Å². The van der Waals surface area contributed by atoms with Crippen LogP contribution in [0.2, 0.25) is 0 Å². The SMILES string of the molecule is Cc1nc2c3c(c(C(F)(F)F)cc2n1C)-c1cccn2c(C(=O)c4cc(F)c(NC(=O)/C=C/C[NH2+]CC5(F)CC5)c(F)c4)cc(c12)CCO3. The summed E-state index contributed by atoms with van der Waals surface area (Å²) in [6.45, 7) is 2.22. The van der Waals surface area contributed by atoms with E-state index in [-0.39, 0.29) is 58.7 Å². The summed E-state index contributed by atoms with van der Waals surface area (Å²) >= 11 is 0. The van der Waals surface area contributed by atoms with Crippen molar-refractivity contribution in [3.8, 4) is 16.9 Å². The van der Waals surface area contributed by atoms with Crippen molar-refractivity contribution in [1.82, 2.24) is 14.0 Å². The minimum Gasteiger partial charge on any atom is -0.490 e. The van der Waals surface area contributed by atoms with Gasteiger partial charge in [-0.2, -0.15) is 13.2 Å². The largest absolute Gasteiger partial charge is 0.490 e. The number of fused-ring (bicyclic) bond motifs is 4. The molecule has 254 valence electrons. The Morgan fingerprint density at radius 2 is 1.88 bits per heavy atom. The van der Waals surface area contributed by atoms with Gasteiger partial charge in [0.05, 0.1) is 35.4 Å². The molecule has 4 heterocycles. The summed E-state index contributed by atoms with van der Waals surface area (Å²) in [6.07, 6.45) is 0.479. The summed E-state index contributed by atoms with van der Waals surface area (Å²) in [4.78, 5) is 30.6. The fraction of sp³-hybridized carbons (Fsp3) is 0.286. The lowest BCUT2D eigenvalue weighted by atomic mass is 9.94. The number of ether oxygens (including phenoxy) is 1. The van der Waals surface area contributed by atoms with E-state index in [1.807, 2.05) is 0 Å². The van der Waals surface area contributed by atoms with E-state index in [0.29, 0.717) is 36.3 Å². The maximum Gasteiger partial charge on any atom is 0.417 e. The van der Waals surface area contributed by atoms with Gasteiger partial charge in [-0.15, -0.1) is 0 Å². The van der Waals surface area contributed by atoms with Gasteiger partial charge < -0.3 is 24.3 Å². The number of carbonyl (C=O) groups is 2. The number of rotatable bonds is 8. The Balaban J connectivity index is 1.24. The second-order valence-corrected chi connectivity index (χ2v) is 12.4. The number of hydrogen-bond donors (Lipinski definition) is 2. The average molecular weight is 683 g/mol. The van der Waals surface area contributed by atoms with Crippen LogP contribution in [0.15, 0.2) is 54.7 Å². The van der Waals surface area contributed by atoms with Crippen molar-refractivity contribution in [1.29, 1.82) is 0 Å². The molecule has 1 fully saturated rings. The molecular weight excluding hydrogens is 652 g/mol. The average Bonchev–Trinajstić information content (AvgIpc) is 3.55. The van der Waals surface area contributed by atoms with Gasteiger partial charge >= 0.3 is 6.18 Å². The normalized spacial score (nSPS) is 15.3. The summed E-state index contributed by atoms with van der Waals surface area (Å²) in [6, 6.07) is 7.08. The highest BCUT2D eigenvalue weighted by Crippen LogP contribution is 2.48. The molecule has 3 aromatic heterocycles. The molecule has 0 bridgehead atoms. The number of nitrogens with zero attached hydrogens (tertiary/aromatic N) is 3. The molecule has 1 amide bonds. The topological polar surface area (TPSA) is 94.2 Å². The molecule has 49 heavy (non-hydrogen) atoms. The molecule has 8 nitrogen and oxygen atoms in total. The van der Waals surface area contributed by atoms with Crippen molar-refractivity contribution in [2.45, 2.75) is 38.0 Å². The number of imidazole rings is 1. The minimum absolute atomic E-state index is 0.0255. The first-order valence-electron chi connectivity index (χ1n) is 15.6. The molecule has 0 unspecified atom stereocenters. The van der Waals surface area contributed by atoms with Crippen LogP contribution < -0.4 is 15.4 Å². The van der Waals surface area contributed by atoms with Crippen molar-refractivity contribution in [2.75, 3.05) is 25.0 Å². The zero-order valence-corrected chi connectivity index (χ0v) is 26.4. The third-order valence-electron chi connectivity index (χ3n) is 9.08. The Kier molecular flexibility index (Phi) is 7.81. The van der Waals surface area contributed by atoms with Gasteiger partial charge in [0, 0.05) is 42.4 Å². The van der Waals surface area contributed by atoms with Gasteiger partial charge in [0.2, 0.25) is 11.7 Å². The first-order valence-corrected chi connectivity index (χ1v) is 15.6. The highest BCUT2D eigenvalue weighted by molar-refractivity contribution is 6.10. The van der Waals surface area contributed by atoms with Crippen LogP contribution in [0.4, 0.5) is 32.0 Å². The molecule has 0 saturated heterocycles. The molecule has 0 spiro atoms. The molecule has 0 radical (unpaired) electrons. The number of aromatic nitrogens is 3. The molecule has 2 aliphatic rings. The summed E-state index contributed by atoms with van der Waals surface area (Å²) in [5.41, 5.74) is -1.98. The van der Waals surface area contributed by atoms with Crippen molar-refractivity contribution in [2.24, 2.45) is 7.05 Å². The fourth-order valence-electron chi connectivity index (χ4n) is 6.30.